The van der Waals surface area contributed by atoms with Gasteiger partial charge < -0.3 is 14.8 Å². The first-order valence-corrected chi connectivity index (χ1v) is 10.5. The zero-order chi connectivity index (χ0) is 21.1. The molecule has 0 saturated heterocycles. The Kier molecular flexibility index (Phi) is 5.98. The standard InChI is InChI=1S/C21H29N7O2/c1-25(2)13-14-28-21(30)27-12-9-16(7-8-19(27)24-28)23-20(29)10-11-26-15-22-17-5-3-4-6-18(17)26/h3-6,15-16H,7-14H2,1-2H3,(H,23,29). The van der Waals surface area contributed by atoms with Gasteiger partial charge in [0.15, 0.2) is 0 Å². The minimum Gasteiger partial charge on any atom is -0.353 e. The highest BCUT2D eigenvalue weighted by Crippen LogP contribution is 2.14. The lowest BCUT2D eigenvalue weighted by molar-refractivity contribution is -0.122. The van der Waals surface area contributed by atoms with Gasteiger partial charge >= 0.3 is 5.69 Å². The van der Waals surface area contributed by atoms with Crippen LogP contribution in [-0.2, 0) is 30.8 Å². The van der Waals surface area contributed by atoms with Crippen LogP contribution >= 0.6 is 0 Å². The molecule has 9 heteroatoms. The zero-order valence-electron chi connectivity index (χ0n) is 17.6. The number of imidazole rings is 1. The summed E-state index contributed by atoms with van der Waals surface area (Å²) in [7, 11) is 3.96. The minimum atomic E-state index is -0.0502. The Bertz CT molecular complexity index is 1080. The Labute approximate surface area is 175 Å². The number of hydrogen-bond donors (Lipinski definition) is 1. The molecule has 1 N–H and O–H groups in total. The number of hydrogen-bond acceptors (Lipinski definition) is 5. The molecule has 3 heterocycles. The topological polar surface area (TPSA) is 90.0 Å². The van der Waals surface area contributed by atoms with Crippen molar-refractivity contribution in [2.24, 2.45) is 0 Å². The number of nitrogens with zero attached hydrogens (tertiary/aromatic N) is 6. The molecule has 30 heavy (non-hydrogen) atoms. The van der Waals surface area contributed by atoms with Gasteiger partial charge in [0.05, 0.1) is 23.9 Å². The van der Waals surface area contributed by atoms with Crippen LogP contribution in [0.15, 0.2) is 35.4 Å². The van der Waals surface area contributed by atoms with E-state index in [0.717, 1.165) is 36.2 Å². The van der Waals surface area contributed by atoms with Crippen molar-refractivity contribution in [3.05, 3.63) is 46.9 Å². The monoisotopic (exact) mass is 411 g/mol. The van der Waals surface area contributed by atoms with Crippen molar-refractivity contribution in [1.29, 1.82) is 0 Å². The van der Waals surface area contributed by atoms with Gasteiger partial charge in [0.2, 0.25) is 5.91 Å². The van der Waals surface area contributed by atoms with Crippen molar-refractivity contribution >= 4 is 16.9 Å². The van der Waals surface area contributed by atoms with Gasteiger partial charge in [0, 0.05) is 38.5 Å². The smallest absolute Gasteiger partial charge is 0.345 e. The molecule has 1 unspecified atom stereocenters. The molecule has 160 valence electrons. The molecule has 0 fully saturated rings. The van der Waals surface area contributed by atoms with Gasteiger partial charge in [-0.05, 0) is 39.1 Å². The van der Waals surface area contributed by atoms with Crippen LogP contribution in [0.25, 0.3) is 11.0 Å². The number of aryl methyl sites for hydroxylation is 2. The van der Waals surface area contributed by atoms with Crippen LogP contribution in [0.5, 0.6) is 0 Å². The van der Waals surface area contributed by atoms with E-state index in [4.69, 9.17) is 0 Å². The SMILES string of the molecule is CN(C)CCn1nc2n(c1=O)CCC(NC(=O)CCn1cnc3ccccc31)CC2. The highest BCUT2D eigenvalue weighted by Gasteiger charge is 2.22. The molecule has 0 aliphatic carbocycles. The van der Waals surface area contributed by atoms with Crippen LogP contribution in [0.4, 0.5) is 0 Å². The molecule has 0 spiro atoms. The Balaban J connectivity index is 1.30. The molecule has 3 aromatic rings. The molecule has 1 aromatic carbocycles. The minimum absolute atomic E-state index is 0.0284. The summed E-state index contributed by atoms with van der Waals surface area (Å²) >= 11 is 0. The molecular weight excluding hydrogens is 382 g/mol. The van der Waals surface area contributed by atoms with E-state index in [2.05, 4.69) is 15.4 Å². The van der Waals surface area contributed by atoms with Crippen molar-refractivity contribution in [1.82, 2.24) is 34.1 Å². The lowest BCUT2D eigenvalue weighted by Gasteiger charge is -2.16. The van der Waals surface area contributed by atoms with E-state index >= 15 is 0 Å². The van der Waals surface area contributed by atoms with Gasteiger partial charge in [-0.2, -0.15) is 5.10 Å². The van der Waals surface area contributed by atoms with Crippen LogP contribution in [0.3, 0.4) is 0 Å². The number of nitrogens with one attached hydrogen (secondary N) is 1. The van der Waals surface area contributed by atoms with Crippen molar-refractivity contribution in [3.8, 4) is 0 Å². The largest absolute Gasteiger partial charge is 0.353 e. The fourth-order valence-corrected chi connectivity index (χ4v) is 3.92. The first kappa shape index (κ1) is 20.3. The number of likely N-dealkylation sites (N-methyl/N-ethyl adjacent to an activating group) is 1. The molecule has 0 radical (unpaired) electrons. The average Bonchev–Trinajstić information content (AvgIpc) is 3.20. The van der Waals surface area contributed by atoms with Gasteiger partial charge in [-0.3, -0.25) is 9.36 Å². The van der Waals surface area contributed by atoms with Crippen LogP contribution in [0, 0.1) is 0 Å². The zero-order valence-corrected chi connectivity index (χ0v) is 17.6. The summed E-state index contributed by atoms with van der Waals surface area (Å²) in [5, 5.41) is 7.65. The fourth-order valence-electron chi connectivity index (χ4n) is 3.92. The quantitative estimate of drug-likeness (QED) is 0.623. The van der Waals surface area contributed by atoms with Crippen LogP contribution in [0.2, 0.25) is 0 Å². The molecule has 9 nitrogen and oxygen atoms in total. The molecule has 1 aliphatic rings. The fraction of sp³-hybridized carbons (Fsp3) is 0.524. The van der Waals surface area contributed by atoms with Gasteiger partial charge in [0.25, 0.3) is 0 Å². The third-order valence-corrected chi connectivity index (χ3v) is 5.65. The van der Waals surface area contributed by atoms with E-state index in [0.29, 0.717) is 32.5 Å². The average molecular weight is 412 g/mol. The summed E-state index contributed by atoms with van der Waals surface area (Å²) in [5.41, 5.74) is 1.92. The second-order valence-electron chi connectivity index (χ2n) is 8.15. The van der Waals surface area contributed by atoms with Crippen molar-refractivity contribution < 1.29 is 4.79 Å². The molecule has 0 bridgehead atoms. The maximum atomic E-state index is 12.6. The first-order valence-electron chi connectivity index (χ1n) is 10.5. The second-order valence-corrected chi connectivity index (χ2v) is 8.15. The number of amides is 1. The maximum absolute atomic E-state index is 12.6. The summed E-state index contributed by atoms with van der Waals surface area (Å²) in [5.74, 6) is 0.848. The Morgan fingerprint density at radius 3 is 2.90 bits per heavy atom. The summed E-state index contributed by atoms with van der Waals surface area (Å²) in [6, 6.07) is 7.98. The second kappa shape index (κ2) is 8.83. The van der Waals surface area contributed by atoms with Gasteiger partial charge in [-0.1, -0.05) is 12.1 Å². The van der Waals surface area contributed by atoms with Crippen LogP contribution in [-0.4, -0.2) is 61.4 Å². The highest BCUT2D eigenvalue weighted by molar-refractivity contribution is 5.77. The van der Waals surface area contributed by atoms with E-state index in [-0.39, 0.29) is 17.6 Å². The number of rotatable bonds is 7. The summed E-state index contributed by atoms with van der Waals surface area (Å²) in [6.45, 7) is 2.56. The van der Waals surface area contributed by atoms with Crippen molar-refractivity contribution in [2.75, 3.05) is 20.6 Å². The van der Waals surface area contributed by atoms with Crippen LogP contribution < -0.4 is 11.0 Å². The summed E-state index contributed by atoms with van der Waals surface area (Å²) in [6.07, 6.45) is 4.42. The number of carbonyl (C=O) groups is 1. The number of carbonyl (C=O) groups excluding carboxylic acids is 1. The van der Waals surface area contributed by atoms with E-state index in [1.54, 1.807) is 15.6 Å². The molecule has 1 amide bonds. The predicted molar refractivity (Wildman–Crippen MR) is 114 cm³/mol. The lowest BCUT2D eigenvalue weighted by Crippen LogP contribution is -2.36. The Hall–Kier alpha value is -2.94. The molecule has 1 aliphatic heterocycles. The normalized spacial score (nSPS) is 16.6. The van der Waals surface area contributed by atoms with Gasteiger partial charge in [-0.15, -0.1) is 0 Å². The molecule has 1 atom stereocenters. The summed E-state index contributed by atoms with van der Waals surface area (Å²) < 4.78 is 5.33. The Morgan fingerprint density at radius 2 is 2.07 bits per heavy atom. The van der Waals surface area contributed by atoms with Crippen molar-refractivity contribution in [2.45, 2.75) is 51.4 Å². The Morgan fingerprint density at radius 1 is 1.23 bits per heavy atom. The number of aromatic nitrogens is 5. The predicted octanol–water partition coefficient (Wildman–Crippen LogP) is 0.868. The van der Waals surface area contributed by atoms with E-state index < -0.39 is 0 Å². The van der Waals surface area contributed by atoms with Crippen molar-refractivity contribution in [3.63, 3.8) is 0 Å². The summed E-state index contributed by atoms with van der Waals surface area (Å²) in [4.78, 5) is 31.5. The van der Waals surface area contributed by atoms with E-state index in [1.165, 1.54) is 0 Å². The molecule has 2 aromatic heterocycles. The third kappa shape index (κ3) is 4.46. The molecular formula is C21H29N7O2. The lowest BCUT2D eigenvalue weighted by atomic mass is 10.1. The van der Waals surface area contributed by atoms with Gasteiger partial charge in [-0.25, -0.2) is 14.5 Å². The first-order chi connectivity index (χ1) is 14.5. The van der Waals surface area contributed by atoms with Gasteiger partial charge in [0.1, 0.15) is 5.82 Å². The van der Waals surface area contributed by atoms with E-state index in [1.807, 2.05) is 47.8 Å². The molecule has 4 rings (SSSR count). The van der Waals surface area contributed by atoms with E-state index in [9.17, 15) is 9.59 Å². The number of benzene rings is 1. The number of fused-ring (bicyclic) bond motifs is 2. The number of para-hydroxylation sites is 2. The maximum Gasteiger partial charge on any atom is 0.345 e. The van der Waals surface area contributed by atoms with Crippen LogP contribution in [0.1, 0.15) is 25.1 Å². The highest BCUT2D eigenvalue weighted by atomic mass is 16.2. The third-order valence-electron chi connectivity index (χ3n) is 5.65. The molecule has 0 saturated carbocycles.